The van der Waals surface area contributed by atoms with Gasteiger partial charge in [0, 0.05) is 32.4 Å². The first-order valence-corrected chi connectivity index (χ1v) is 7.33. The number of nitrogens with zero attached hydrogens (tertiary/aromatic N) is 3. The van der Waals surface area contributed by atoms with Gasteiger partial charge in [-0.15, -0.1) is 0 Å². The van der Waals surface area contributed by atoms with Crippen LogP contribution in [0.2, 0.25) is 0 Å². The minimum atomic E-state index is 0.0336. The number of rotatable bonds is 4. The fourth-order valence-corrected chi connectivity index (χ4v) is 3.26. The van der Waals surface area contributed by atoms with E-state index in [0.29, 0.717) is 12.2 Å². The number of hydrogen-bond donors (Lipinski definition) is 1. The van der Waals surface area contributed by atoms with E-state index in [-0.39, 0.29) is 18.1 Å². The highest BCUT2D eigenvalue weighted by Crippen LogP contribution is 2.24. The van der Waals surface area contributed by atoms with Crippen molar-refractivity contribution in [3.8, 4) is 0 Å². The fourth-order valence-electron chi connectivity index (χ4n) is 3.26. The van der Waals surface area contributed by atoms with E-state index >= 15 is 0 Å². The number of aromatic amines is 1. The fraction of sp³-hybridized carbons (Fsp3) is 0.714. The highest BCUT2D eigenvalue weighted by molar-refractivity contribution is 5.92. The number of methoxy groups -OCH3 is 1. The molecular weight excluding hydrogens is 256 g/mol. The van der Waals surface area contributed by atoms with Gasteiger partial charge in [0.25, 0.3) is 5.91 Å². The molecule has 0 bridgehead atoms. The normalized spacial score (nSPS) is 27.4. The van der Waals surface area contributed by atoms with Crippen molar-refractivity contribution in [3.05, 3.63) is 18.0 Å². The zero-order valence-corrected chi connectivity index (χ0v) is 11.9. The molecule has 0 aromatic carbocycles. The lowest BCUT2D eigenvalue weighted by Crippen LogP contribution is -2.42. The number of nitrogens with one attached hydrogen (secondary N) is 1. The zero-order valence-electron chi connectivity index (χ0n) is 11.9. The van der Waals surface area contributed by atoms with Gasteiger partial charge in [-0.2, -0.15) is 5.10 Å². The zero-order chi connectivity index (χ0) is 13.9. The molecule has 0 radical (unpaired) electrons. The summed E-state index contributed by atoms with van der Waals surface area (Å²) >= 11 is 0. The van der Waals surface area contributed by atoms with E-state index in [1.54, 1.807) is 19.4 Å². The summed E-state index contributed by atoms with van der Waals surface area (Å²) in [6, 6.07) is 1.98. The van der Waals surface area contributed by atoms with Crippen molar-refractivity contribution < 1.29 is 9.53 Å². The topological polar surface area (TPSA) is 61.5 Å². The average Bonchev–Trinajstić information content (AvgIpc) is 3.20. The van der Waals surface area contributed by atoms with Gasteiger partial charge in [0.2, 0.25) is 0 Å². The molecule has 1 N–H and O–H groups in total. The molecule has 1 aromatic rings. The van der Waals surface area contributed by atoms with E-state index in [4.69, 9.17) is 4.74 Å². The molecule has 1 amide bonds. The van der Waals surface area contributed by atoms with Crippen LogP contribution in [0, 0.1) is 0 Å². The maximum absolute atomic E-state index is 12.5. The standard InChI is InChI=1S/C14H22N4O2/c1-20-12-8-11(9-17-6-2-3-7-17)18(10-12)14(19)13-4-5-15-16-13/h4-5,11-12H,2-3,6-10H2,1H3,(H,15,16)/t11-,12-/m0/s1. The third-order valence-corrected chi connectivity index (χ3v) is 4.37. The average molecular weight is 278 g/mol. The largest absolute Gasteiger partial charge is 0.380 e. The molecule has 2 aliphatic heterocycles. The lowest BCUT2D eigenvalue weighted by Gasteiger charge is -2.27. The Balaban J connectivity index is 1.70. The monoisotopic (exact) mass is 278 g/mol. The van der Waals surface area contributed by atoms with Crippen LogP contribution >= 0.6 is 0 Å². The Morgan fingerprint density at radius 2 is 2.30 bits per heavy atom. The highest BCUT2D eigenvalue weighted by atomic mass is 16.5. The van der Waals surface area contributed by atoms with Gasteiger partial charge in [-0.3, -0.25) is 9.89 Å². The van der Waals surface area contributed by atoms with Crippen LogP contribution in [0.5, 0.6) is 0 Å². The van der Waals surface area contributed by atoms with Crippen LogP contribution in [0.1, 0.15) is 29.8 Å². The van der Waals surface area contributed by atoms with Crippen LogP contribution < -0.4 is 0 Å². The smallest absolute Gasteiger partial charge is 0.272 e. The first-order chi connectivity index (χ1) is 9.78. The minimum absolute atomic E-state index is 0.0336. The molecule has 2 aliphatic rings. The minimum Gasteiger partial charge on any atom is -0.380 e. The number of carbonyl (C=O) groups is 1. The molecule has 3 rings (SSSR count). The maximum atomic E-state index is 12.5. The van der Waals surface area contributed by atoms with E-state index in [2.05, 4.69) is 15.1 Å². The van der Waals surface area contributed by atoms with E-state index in [1.807, 2.05) is 4.90 Å². The van der Waals surface area contributed by atoms with E-state index in [9.17, 15) is 4.79 Å². The molecular formula is C14H22N4O2. The predicted octanol–water partition coefficient (Wildman–Crippen LogP) is 0.735. The molecule has 2 fully saturated rings. The number of hydrogen-bond acceptors (Lipinski definition) is 4. The molecule has 1 aromatic heterocycles. The maximum Gasteiger partial charge on any atom is 0.272 e. The summed E-state index contributed by atoms with van der Waals surface area (Å²) in [5, 5.41) is 6.63. The molecule has 0 aliphatic carbocycles. The van der Waals surface area contributed by atoms with Crippen LogP contribution in [0.15, 0.2) is 12.3 Å². The predicted molar refractivity (Wildman–Crippen MR) is 74.5 cm³/mol. The van der Waals surface area contributed by atoms with Gasteiger partial charge in [0.15, 0.2) is 0 Å². The van der Waals surface area contributed by atoms with Gasteiger partial charge in [0.05, 0.1) is 6.10 Å². The number of amides is 1. The van der Waals surface area contributed by atoms with Crippen LogP contribution in [0.4, 0.5) is 0 Å². The molecule has 2 saturated heterocycles. The lowest BCUT2D eigenvalue weighted by atomic mass is 10.2. The Labute approximate surface area is 119 Å². The van der Waals surface area contributed by atoms with Crippen molar-refractivity contribution in [1.82, 2.24) is 20.0 Å². The van der Waals surface area contributed by atoms with Crippen molar-refractivity contribution in [3.63, 3.8) is 0 Å². The van der Waals surface area contributed by atoms with Crippen LogP contribution in [-0.4, -0.2) is 71.3 Å². The quantitative estimate of drug-likeness (QED) is 0.882. The molecule has 3 heterocycles. The summed E-state index contributed by atoms with van der Waals surface area (Å²) in [6.07, 6.45) is 5.23. The number of likely N-dealkylation sites (tertiary alicyclic amines) is 2. The van der Waals surface area contributed by atoms with Crippen molar-refractivity contribution in [2.24, 2.45) is 0 Å². The van der Waals surface area contributed by atoms with Crippen LogP contribution in [0.3, 0.4) is 0 Å². The Hall–Kier alpha value is -1.40. The van der Waals surface area contributed by atoms with Crippen LogP contribution in [-0.2, 0) is 4.74 Å². The second-order valence-electron chi connectivity index (χ2n) is 5.68. The first kappa shape index (κ1) is 13.6. The molecule has 20 heavy (non-hydrogen) atoms. The van der Waals surface area contributed by atoms with Gasteiger partial charge < -0.3 is 14.5 Å². The number of aromatic nitrogens is 2. The summed E-state index contributed by atoms with van der Waals surface area (Å²) in [7, 11) is 1.72. The second-order valence-corrected chi connectivity index (χ2v) is 5.68. The molecule has 110 valence electrons. The summed E-state index contributed by atoms with van der Waals surface area (Å²) < 4.78 is 5.47. The Morgan fingerprint density at radius 1 is 1.50 bits per heavy atom. The highest BCUT2D eigenvalue weighted by Gasteiger charge is 2.37. The summed E-state index contributed by atoms with van der Waals surface area (Å²) in [5.74, 6) is 0.0336. The van der Waals surface area contributed by atoms with E-state index in [1.165, 1.54) is 12.8 Å². The summed E-state index contributed by atoms with van der Waals surface area (Å²) in [4.78, 5) is 16.9. The van der Waals surface area contributed by atoms with Crippen molar-refractivity contribution >= 4 is 5.91 Å². The van der Waals surface area contributed by atoms with Gasteiger partial charge in [0.1, 0.15) is 5.69 Å². The molecule has 6 heteroatoms. The van der Waals surface area contributed by atoms with Crippen molar-refractivity contribution in [2.75, 3.05) is 33.3 Å². The Bertz CT molecular complexity index is 442. The van der Waals surface area contributed by atoms with Crippen LogP contribution in [0.25, 0.3) is 0 Å². The number of H-pyrrole nitrogens is 1. The molecule has 0 unspecified atom stereocenters. The number of carbonyl (C=O) groups excluding carboxylic acids is 1. The third kappa shape index (κ3) is 2.71. The van der Waals surface area contributed by atoms with Gasteiger partial charge in [-0.05, 0) is 38.4 Å². The van der Waals surface area contributed by atoms with Crippen molar-refractivity contribution in [1.29, 1.82) is 0 Å². The Kier molecular flexibility index (Phi) is 4.03. The first-order valence-electron chi connectivity index (χ1n) is 7.33. The number of ether oxygens (including phenoxy) is 1. The Morgan fingerprint density at radius 3 is 2.95 bits per heavy atom. The summed E-state index contributed by atoms with van der Waals surface area (Å²) in [6.45, 7) is 3.94. The van der Waals surface area contributed by atoms with E-state index < -0.39 is 0 Å². The SMILES string of the molecule is CO[C@H]1C[C@@H](CN2CCCC2)N(C(=O)c2ccn[nH]2)C1. The molecule has 6 nitrogen and oxygen atoms in total. The second kappa shape index (κ2) is 5.93. The summed E-state index contributed by atoms with van der Waals surface area (Å²) in [5.41, 5.74) is 0.563. The van der Waals surface area contributed by atoms with Crippen molar-refractivity contribution in [2.45, 2.75) is 31.4 Å². The van der Waals surface area contributed by atoms with E-state index in [0.717, 1.165) is 26.1 Å². The molecule has 0 saturated carbocycles. The van der Waals surface area contributed by atoms with Gasteiger partial charge in [-0.25, -0.2) is 0 Å². The lowest BCUT2D eigenvalue weighted by molar-refractivity contribution is 0.0664. The molecule has 2 atom stereocenters. The van der Waals surface area contributed by atoms with Gasteiger partial charge in [-0.1, -0.05) is 0 Å². The third-order valence-electron chi connectivity index (χ3n) is 4.37. The molecule has 0 spiro atoms. The van der Waals surface area contributed by atoms with Gasteiger partial charge >= 0.3 is 0 Å².